The highest BCUT2D eigenvalue weighted by Crippen LogP contribution is 2.39. The van der Waals surface area contributed by atoms with Gasteiger partial charge in [-0.25, -0.2) is 9.50 Å². The zero-order chi connectivity index (χ0) is 18.1. The number of halogens is 1. The minimum atomic E-state index is 0.477. The number of nitrogens with two attached hydrogens (primary N) is 1. The minimum Gasteiger partial charge on any atom is -0.382 e. The Morgan fingerprint density at radius 3 is 2.85 bits per heavy atom. The molecule has 0 saturated heterocycles. The first-order valence-corrected chi connectivity index (χ1v) is 9.64. The first kappa shape index (κ1) is 17.0. The van der Waals surface area contributed by atoms with E-state index >= 15 is 0 Å². The highest BCUT2D eigenvalue weighted by Gasteiger charge is 2.21. The van der Waals surface area contributed by atoms with E-state index in [2.05, 4.69) is 50.1 Å². The van der Waals surface area contributed by atoms with Crippen molar-refractivity contribution >= 4 is 38.2 Å². The van der Waals surface area contributed by atoms with E-state index < -0.39 is 0 Å². The van der Waals surface area contributed by atoms with Gasteiger partial charge >= 0.3 is 0 Å². The number of hydrogen-bond donors (Lipinski definition) is 1. The highest BCUT2D eigenvalue weighted by atomic mass is 79.9. The normalized spacial score (nSPS) is 11.5. The summed E-state index contributed by atoms with van der Waals surface area (Å²) in [6.07, 6.45) is 7.82. The topological polar surface area (TPSA) is 69.1 Å². The van der Waals surface area contributed by atoms with Gasteiger partial charge in [-0.1, -0.05) is 38.0 Å². The van der Waals surface area contributed by atoms with Gasteiger partial charge in [0.15, 0.2) is 5.82 Å². The number of hydrogen-bond acceptors (Lipinski definition) is 4. The summed E-state index contributed by atoms with van der Waals surface area (Å²) in [5, 5.41) is 5.56. The van der Waals surface area contributed by atoms with Crippen molar-refractivity contribution < 1.29 is 0 Å². The number of para-hydroxylation sites is 1. The van der Waals surface area contributed by atoms with Crippen LogP contribution in [0.1, 0.15) is 31.9 Å². The van der Waals surface area contributed by atoms with Gasteiger partial charge in [-0.05, 0) is 40.9 Å². The van der Waals surface area contributed by atoms with Crippen molar-refractivity contribution in [2.75, 3.05) is 5.73 Å². The summed E-state index contributed by atoms with van der Waals surface area (Å²) in [7, 11) is 0. The predicted molar refractivity (Wildman–Crippen MR) is 109 cm³/mol. The maximum absolute atomic E-state index is 6.23. The molecule has 4 rings (SSSR count). The number of anilines is 1. The fourth-order valence-corrected chi connectivity index (χ4v) is 4.16. The van der Waals surface area contributed by atoms with Crippen molar-refractivity contribution in [3.8, 4) is 11.1 Å². The maximum Gasteiger partial charge on any atom is 0.152 e. The lowest BCUT2D eigenvalue weighted by Crippen LogP contribution is -2.02. The summed E-state index contributed by atoms with van der Waals surface area (Å²) in [5.74, 6) is 0.477. The third-order valence-corrected chi connectivity index (χ3v) is 5.53. The molecule has 0 unspecified atom stereocenters. The number of fused-ring (bicyclic) bond motifs is 2. The molecule has 4 aromatic rings. The number of unbranched alkanes of at least 4 members (excludes halogenated alkanes) is 2. The van der Waals surface area contributed by atoms with Crippen molar-refractivity contribution in [3.05, 3.63) is 53.0 Å². The molecule has 0 fully saturated rings. The third-order valence-electron chi connectivity index (χ3n) is 4.68. The van der Waals surface area contributed by atoms with Crippen LogP contribution in [-0.4, -0.2) is 19.6 Å². The smallest absolute Gasteiger partial charge is 0.152 e. The lowest BCUT2D eigenvalue weighted by molar-refractivity contribution is 0.689. The fourth-order valence-electron chi connectivity index (χ4n) is 3.38. The van der Waals surface area contributed by atoms with Crippen LogP contribution < -0.4 is 5.73 Å². The van der Waals surface area contributed by atoms with Crippen LogP contribution in [0.15, 0.2) is 47.3 Å². The van der Waals surface area contributed by atoms with E-state index in [9.17, 15) is 0 Å². The second-order valence-electron chi connectivity index (χ2n) is 6.42. The van der Waals surface area contributed by atoms with E-state index in [1.165, 1.54) is 19.2 Å². The number of rotatable bonds is 5. The number of nitrogens with zero attached hydrogens (tertiary/aromatic N) is 4. The molecule has 0 spiro atoms. The SMILES string of the molecule is CCCCCc1c(Br)c(-c2cnc3ccccc3c2)c2c(N)ncnn12. The lowest BCUT2D eigenvalue weighted by atomic mass is 10.1. The van der Waals surface area contributed by atoms with Crippen LogP contribution in [0.2, 0.25) is 0 Å². The van der Waals surface area contributed by atoms with E-state index in [1.807, 2.05) is 28.9 Å². The molecule has 3 aromatic heterocycles. The maximum atomic E-state index is 6.23. The molecule has 0 aliphatic carbocycles. The quantitative estimate of drug-likeness (QED) is 0.469. The van der Waals surface area contributed by atoms with Crippen molar-refractivity contribution in [1.29, 1.82) is 0 Å². The summed E-state index contributed by atoms with van der Waals surface area (Å²) in [4.78, 5) is 8.82. The molecule has 5 nitrogen and oxygen atoms in total. The molecule has 132 valence electrons. The van der Waals surface area contributed by atoms with Gasteiger partial charge in [0.2, 0.25) is 0 Å². The van der Waals surface area contributed by atoms with Gasteiger partial charge in [-0.2, -0.15) is 5.10 Å². The van der Waals surface area contributed by atoms with Crippen LogP contribution in [0.25, 0.3) is 27.5 Å². The number of pyridine rings is 1. The molecule has 1 aromatic carbocycles. The third kappa shape index (κ3) is 2.84. The fraction of sp³-hybridized carbons (Fsp3) is 0.250. The van der Waals surface area contributed by atoms with E-state index in [1.54, 1.807) is 0 Å². The summed E-state index contributed by atoms with van der Waals surface area (Å²) in [6, 6.07) is 10.2. The van der Waals surface area contributed by atoms with Gasteiger partial charge in [0.1, 0.15) is 11.8 Å². The molecule has 0 bridgehead atoms. The Morgan fingerprint density at radius 2 is 2.00 bits per heavy atom. The van der Waals surface area contributed by atoms with Crippen molar-refractivity contribution in [1.82, 2.24) is 19.6 Å². The zero-order valence-corrected chi connectivity index (χ0v) is 16.2. The summed E-state index contributed by atoms with van der Waals surface area (Å²) in [6.45, 7) is 2.21. The van der Waals surface area contributed by atoms with Gasteiger partial charge in [-0.3, -0.25) is 4.98 Å². The molecular weight excluding hydrogens is 390 g/mol. The molecule has 3 heterocycles. The number of nitrogen functional groups attached to an aromatic ring is 1. The summed E-state index contributed by atoms with van der Waals surface area (Å²) < 4.78 is 2.95. The molecule has 0 atom stereocenters. The van der Waals surface area contributed by atoms with Crippen LogP contribution in [0, 0.1) is 0 Å². The molecule has 2 N–H and O–H groups in total. The van der Waals surface area contributed by atoms with Gasteiger partial charge in [0.25, 0.3) is 0 Å². The van der Waals surface area contributed by atoms with Crippen molar-refractivity contribution in [3.63, 3.8) is 0 Å². The second kappa shape index (κ2) is 7.03. The number of aryl methyl sites for hydroxylation is 1. The Kier molecular flexibility index (Phi) is 4.59. The molecule has 0 aliphatic heterocycles. The monoisotopic (exact) mass is 409 g/mol. The van der Waals surface area contributed by atoms with Crippen LogP contribution in [0.5, 0.6) is 0 Å². The van der Waals surface area contributed by atoms with Gasteiger partial charge in [-0.15, -0.1) is 0 Å². The Hall–Kier alpha value is -2.47. The van der Waals surface area contributed by atoms with E-state index in [4.69, 9.17) is 5.73 Å². The Bertz CT molecular complexity index is 1090. The lowest BCUT2D eigenvalue weighted by Gasteiger charge is -2.04. The van der Waals surface area contributed by atoms with Crippen LogP contribution in [0.4, 0.5) is 5.82 Å². The molecule has 26 heavy (non-hydrogen) atoms. The number of benzene rings is 1. The average molecular weight is 410 g/mol. The Balaban J connectivity index is 1.94. The Labute approximate surface area is 160 Å². The average Bonchev–Trinajstić information content (AvgIpc) is 2.95. The van der Waals surface area contributed by atoms with Crippen LogP contribution in [-0.2, 0) is 6.42 Å². The predicted octanol–water partition coefficient (Wildman–Crippen LogP) is 5.02. The van der Waals surface area contributed by atoms with E-state index in [0.717, 1.165) is 50.6 Å². The molecule has 6 heteroatoms. The van der Waals surface area contributed by atoms with Crippen molar-refractivity contribution in [2.24, 2.45) is 0 Å². The minimum absolute atomic E-state index is 0.477. The highest BCUT2D eigenvalue weighted by molar-refractivity contribution is 9.10. The van der Waals surface area contributed by atoms with Crippen molar-refractivity contribution in [2.45, 2.75) is 32.6 Å². The summed E-state index contributed by atoms with van der Waals surface area (Å²) in [5.41, 5.74) is 11.2. The van der Waals surface area contributed by atoms with Gasteiger partial charge in [0, 0.05) is 27.2 Å². The van der Waals surface area contributed by atoms with Gasteiger partial charge in [0.05, 0.1) is 11.2 Å². The second-order valence-corrected chi connectivity index (χ2v) is 7.21. The Morgan fingerprint density at radius 1 is 1.15 bits per heavy atom. The standard InChI is InChI=1S/C20H20BrN5/c1-2-3-4-9-16-18(21)17(19-20(22)24-12-25-26(16)19)14-10-13-7-5-6-8-15(13)23-11-14/h5-8,10-12H,2-4,9H2,1H3,(H2,22,24,25). The molecule has 0 aliphatic rings. The van der Waals surface area contributed by atoms with Crippen LogP contribution >= 0.6 is 15.9 Å². The largest absolute Gasteiger partial charge is 0.382 e. The first-order chi connectivity index (χ1) is 12.7. The first-order valence-electron chi connectivity index (χ1n) is 8.85. The van der Waals surface area contributed by atoms with E-state index in [0.29, 0.717) is 5.82 Å². The number of aromatic nitrogens is 4. The van der Waals surface area contributed by atoms with Gasteiger partial charge < -0.3 is 5.73 Å². The van der Waals surface area contributed by atoms with Crippen LogP contribution in [0.3, 0.4) is 0 Å². The molecular formula is C20H20BrN5. The molecule has 0 saturated carbocycles. The van der Waals surface area contributed by atoms with E-state index in [-0.39, 0.29) is 0 Å². The molecule has 0 radical (unpaired) electrons. The molecule has 0 amide bonds. The zero-order valence-electron chi connectivity index (χ0n) is 14.6. The summed E-state index contributed by atoms with van der Waals surface area (Å²) >= 11 is 3.81.